The molecule has 4 heteroatoms. The Hall–Kier alpha value is -1.10. The first-order valence-corrected chi connectivity index (χ1v) is 12.1. The summed E-state index contributed by atoms with van der Waals surface area (Å²) in [5, 5.41) is 5.40. The highest BCUT2D eigenvalue weighted by molar-refractivity contribution is 6.74. The number of fused-ring (bicyclic) bond motifs is 1. The van der Waals surface area contributed by atoms with Crippen LogP contribution >= 0.6 is 0 Å². The number of rotatable bonds is 4. The van der Waals surface area contributed by atoms with E-state index < -0.39 is 8.32 Å². The fourth-order valence-corrected chi connectivity index (χ4v) is 4.26. The minimum atomic E-state index is -1.66. The van der Waals surface area contributed by atoms with Gasteiger partial charge in [0, 0.05) is 29.9 Å². The van der Waals surface area contributed by atoms with Gasteiger partial charge >= 0.3 is 0 Å². The molecule has 3 nitrogen and oxygen atoms in total. The van der Waals surface area contributed by atoms with Crippen LogP contribution in [0.1, 0.15) is 51.8 Å². The second-order valence-electron chi connectivity index (χ2n) is 8.73. The van der Waals surface area contributed by atoms with E-state index in [0.29, 0.717) is 12.1 Å². The van der Waals surface area contributed by atoms with E-state index in [1.807, 2.05) is 0 Å². The van der Waals surface area contributed by atoms with Crippen molar-refractivity contribution in [1.29, 1.82) is 0 Å². The standard InChI is InChI=1S/C20H32N2OSi/c1-20(2,3)24(4,5)23-14-16-10-8-12-18(21-16)19-13-15-9-6-7-11-17(15)22-19/h6-7,9,11,13,16,18,21-22H,8,10,12,14H2,1-5H3/t16-,18+/m1/s1. The SMILES string of the molecule is CC(C)(C)[Si](C)(C)OC[C@H]1CCC[C@@H](c2cc3ccccc3[nH]2)N1. The van der Waals surface area contributed by atoms with Gasteiger partial charge < -0.3 is 14.7 Å². The maximum absolute atomic E-state index is 6.44. The third-order valence-electron chi connectivity index (χ3n) is 5.86. The van der Waals surface area contributed by atoms with E-state index in [-0.39, 0.29) is 5.04 Å². The zero-order valence-corrected chi connectivity index (χ0v) is 16.8. The van der Waals surface area contributed by atoms with Crippen LogP contribution in [-0.2, 0) is 4.43 Å². The van der Waals surface area contributed by atoms with E-state index in [0.717, 1.165) is 6.61 Å². The molecule has 1 aromatic carbocycles. The Labute approximate surface area is 147 Å². The van der Waals surface area contributed by atoms with Gasteiger partial charge in [-0.05, 0) is 54.9 Å². The Balaban J connectivity index is 1.64. The average Bonchev–Trinajstić information content (AvgIpc) is 2.96. The normalized spacial score (nSPS) is 22.9. The molecule has 0 aliphatic carbocycles. The molecule has 1 fully saturated rings. The van der Waals surface area contributed by atoms with Crippen molar-refractivity contribution in [2.45, 2.75) is 70.2 Å². The molecule has 2 heterocycles. The number of nitrogens with one attached hydrogen (secondary N) is 2. The summed E-state index contributed by atoms with van der Waals surface area (Å²) in [4.78, 5) is 3.59. The number of piperidine rings is 1. The lowest BCUT2D eigenvalue weighted by molar-refractivity contribution is 0.199. The number of hydrogen-bond donors (Lipinski definition) is 2. The monoisotopic (exact) mass is 344 g/mol. The quantitative estimate of drug-likeness (QED) is 0.731. The van der Waals surface area contributed by atoms with Crippen LogP contribution in [-0.4, -0.2) is 26.0 Å². The molecule has 1 aliphatic heterocycles. The molecular formula is C20H32N2OSi. The molecule has 0 radical (unpaired) electrons. The number of H-pyrrole nitrogens is 1. The van der Waals surface area contributed by atoms with Gasteiger partial charge in [-0.1, -0.05) is 39.0 Å². The second kappa shape index (κ2) is 6.66. The molecule has 0 saturated carbocycles. The first-order chi connectivity index (χ1) is 11.3. The van der Waals surface area contributed by atoms with E-state index in [9.17, 15) is 0 Å². The molecule has 2 N–H and O–H groups in total. The lowest BCUT2D eigenvalue weighted by Crippen LogP contribution is -2.47. The first-order valence-electron chi connectivity index (χ1n) is 9.24. The first kappa shape index (κ1) is 17.7. The van der Waals surface area contributed by atoms with E-state index in [1.165, 1.54) is 35.9 Å². The predicted molar refractivity (Wildman–Crippen MR) is 105 cm³/mol. The average molecular weight is 345 g/mol. The van der Waals surface area contributed by atoms with Gasteiger partial charge in [-0.15, -0.1) is 0 Å². The highest BCUT2D eigenvalue weighted by Gasteiger charge is 2.38. The summed E-state index contributed by atoms with van der Waals surface area (Å²) in [6.45, 7) is 12.4. The minimum absolute atomic E-state index is 0.276. The van der Waals surface area contributed by atoms with Crippen molar-refractivity contribution in [2.24, 2.45) is 0 Å². The van der Waals surface area contributed by atoms with E-state index >= 15 is 0 Å². The molecule has 1 aromatic heterocycles. The Morgan fingerprint density at radius 2 is 1.92 bits per heavy atom. The Morgan fingerprint density at radius 3 is 2.62 bits per heavy atom. The molecule has 0 amide bonds. The molecule has 2 aromatic rings. The summed E-state index contributed by atoms with van der Waals surface area (Å²) in [5.41, 5.74) is 2.54. The number of para-hydroxylation sites is 1. The zero-order valence-electron chi connectivity index (χ0n) is 15.8. The molecule has 132 valence electrons. The van der Waals surface area contributed by atoms with Gasteiger partial charge in [-0.25, -0.2) is 0 Å². The van der Waals surface area contributed by atoms with E-state index in [4.69, 9.17) is 4.43 Å². The number of aromatic nitrogens is 1. The van der Waals surface area contributed by atoms with Crippen molar-refractivity contribution in [2.75, 3.05) is 6.61 Å². The largest absolute Gasteiger partial charge is 0.415 e. The molecule has 1 aliphatic rings. The third kappa shape index (κ3) is 3.76. The van der Waals surface area contributed by atoms with Crippen LogP contribution in [0.4, 0.5) is 0 Å². The topological polar surface area (TPSA) is 37.0 Å². The fraction of sp³-hybridized carbons (Fsp3) is 0.600. The van der Waals surface area contributed by atoms with Crippen molar-refractivity contribution in [3.05, 3.63) is 36.0 Å². The zero-order chi connectivity index (χ0) is 17.4. The lowest BCUT2D eigenvalue weighted by Gasteiger charge is -2.39. The van der Waals surface area contributed by atoms with Gasteiger partial charge in [0.2, 0.25) is 0 Å². The van der Waals surface area contributed by atoms with Gasteiger partial charge in [-0.2, -0.15) is 0 Å². The highest BCUT2D eigenvalue weighted by atomic mass is 28.4. The van der Waals surface area contributed by atoms with Crippen LogP contribution in [0.3, 0.4) is 0 Å². The molecule has 2 atom stereocenters. The van der Waals surface area contributed by atoms with Crippen molar-refractivity contribution in [1.82, 2.24) is 10.3 Å². The maximum atomic E-state index is 6.44. The van der Waals surface area contributed by atoms with Crippen molar-refractivity contribution in [3.8, 4) is 0 Å². The molecule has 3 rings (SSSR count). The fourth-order valence-electron chi connectivity index (χ4n) is 3.21. The van der Waals surface area contributed by atoms with Crippen LogP contribution in [0.2, 0.25) is 18.1 Å². The minimum Gasteiger partial charge on any atom is -0.415 e. The molecule has 1 saturated heterocycles. The van der Waals surface area contributed by atoms with E-state index in [2.05, 4.69) is 74.5 Å². The van der Waals surface area contributed by atoms with Crippen LogP contribution in [0.15, 0.2) is 30.3 Å². The van der Waals surface area contributed by atoms with Crippen molar-refractivity contribution < 1.29 is 4.43 Å². The number of benzene rings is 1. The van der Waals surface area contributed by atoms with Gasteiger partial charge in [0.05, 0.1) is 0 Å². The molecule has 0 unspecified atom stereocenters. The van der Waals surface area contributed by atoms with Gasteiger partial charge in [0.25, 0.3) is 0 Å². The summed E-state index contributed by atoms with van der Waals surface area (Å²) in [6, 6.07) is 11.7. The number of aromatic amines is 1. The van der Waals surface area contributed by atoms with Crippen LogP contribution in [0.5, 0.6) is 0 Å². The Morgan fingerprint density at radius 1 is 1.17 bits per heavy atom. The molecule has 0 bridgehead atoms. The lowest BCUT2D eigenvalue weighted by atomic mass is 9.97. The van der Waals surface area contributed by atoms with Gasteiger partial charge in [0.15, 0.2) is 8.32 Å². The summed E-state index contributed by atoms with van der Waals surface area (Å²) in [6.07, 6.45) is 3.67. The van der Waals surface area contributed by atoms with Crippen molar-refractivity contribution in [3.63, 3.8) is 0 Å². The predicted octanol–water partition coefficient (Wildman–Crippen LogP) is 5.37. The molecule has 24 heavy (non-hydrogen) atoms. The number of hydrogen-bond acceptors (Lipinski definition) is 2. The van der Waals surface area contributed by atoms with Crippen molar-refractivity contribution >= 4 is 19.2 Å². The van der Waals surface area contributed by atoms with E-state index in [1.54, 1.807) is 0 Å². The second-order valence-corrected chi connectivity index (χ2v) is 13.5. The molecular weight excluding hydrogens is 312 g/mol. The summed E-state index contributed by atoms with van der Waals surface area (Å²) in [5.74, 6) is 0. The highest BCUT2D eigenvalue weighted by Crippen LogP contribution is 2.37. The van der Waals surface area contributed by atoms with Crippen LogP contribution < -0.4 is 5.32 Å². The van der Waals surface area contributed by atoms with Gasteiger partial charge in [0.1, 0.15) is 0 Å². The maximum Gasteiger partial charge on any atom is 0.192 e. The van der Waals surface area contributed by atoms with Crippen LogP contribution in [0.25, 0.3) is 10.9 Å². The van der Waals surface area contributed by atoms with Crippen LogP contribution in [0, 0.1) is 0 Å². The summed E-state index contributed by atoms with van der Waals surface area (Å²) in [7, 11) is -1.66. The third-order valence-corrected chi connectivity index (χ3v) is 10.4. The Kier molecular flexibility index (Phi) is 4.91. The Bertz CT molecular complexity index is 653. The smallest absolute Gasteiger partial charge is 0.192 e. The van der Waals surface area contributed by atoms with Gasteiger partial charge in [-0.3, -0.25) is 0 Å². The summed E-state index contributed by atoms with van der Waals surface area (Å²) >= 11 is 0. The molecule has 0 spiro atoms. The summed E-state index contributed by atoms with van der Waals surface area (Å²) < 4.78 is 6.44.